The van der Waals surface area contributed by atoms with E-state index >= 15 is 0 Å². The third kappa shape index (κ3) is 4.26. The first-order valence-electron chi connectivity index (χ1n) is 6.31. The van der Waals surface area contributed by atoms with Crippen molar-refractivity contribution in [2.45, 2.75) is 13.0 Å². The van der Waals surface area contributed by atoms with Crippen LogP contribution < -0.4 is 4.74 Å². The summed E-state index contributed by atoms with van der Waals surface area (Å²) in [6.45, 7) is -0.239. The van der Waals surface area contributed by atoms with Gasteiger partial charge < -0.3 is 9.84 Å². The molecule has 0 fully saturated rings. The highest BCUT2D eigenvalue weighted by Crippen LogP contribution is 2.17. The first-order chi connectivity index (χ1) is 10.2. The number of aliphatic hydroxyl groups is 1. The maximum atomic E-state index is 13.5. The van der Waals surface area contributed by atoms with E-state index < -0.39 is 11.6 Å². The average molecular weight is 289 g/mol. The van der Waals surface area contributed by atoms with E-state index in [2.05, 4.69) is 16.8 Å². The lowest BCUT2D eigenvalue weighted by Crippen LogP contribution is -2.02. The number of benzene rings is 1. The van der Waals surface area contributed by atoms with Crippen molar-refractivity contribution in [2.75, 3.05) is 6.61 Å². The first kappa shape index (κ1) is 14.9. The van der Waals surface area contributed by atoms with Crippen molar-refractivity contribution in [1.29, 1.82) is 0 Å². The van der Waals surface area contributed by atoms with E-state index in [9.17, 15) is 8.78 Å². The van der Waals surface area contributed by atoms with Gasteiger partial charge in [-0.3, -0.25) is 4.98 Å². The van der Waals surface area contributed by atoms with Gasteiger partial charge in [0.15, 0.2) is 0 Å². The molecule has 0 saturated carbocycles. The highest BCUT2D eigenvalue weighted by Gasteiger charge is 2.09. The summed E-state index contributed by atoms with van der Waals surface area (Å²) in [4.78, 5) is 3.94. The van der Waals surface area contributed by atoms with E-state index in [1.165, 1.54) is 24.4 Å². The predicted octanol–water partition coefficient (Wildman–Crippen LogP) is 2.67. The number of hydrogen-bond donors (Lipinski definition) is 1. The van der Waals surface area contributed by atoms with Gasteiger partial charge in [0.1, 0.15) is 24.0 Å². The third-order valence-corrected chi connectivity index (χ3v) is 2.63. The molecule has 0 saturated heterocycles. The molecule has 2 rings (SSSR count). The summed E-state index contributed by atoms with van der Waals surface area (Å²) in [6, 6.07) is 5.27. The van der Waals surface area contributed by atoms with Crippen LogP contribution in [0.15, 0.2) is 36.7 Å². The molecule has 0 unspecified atom stereocenters. The molecule has 0 aliphatic rings. The monoisotopic (exact) mass is 289 g/mol. The molecule has 3 nitrogen and oxygen atoms in total. The molecule has 0 bridgehead atoms. The van der Waals surface area contributed by atoms with E-state index in [0.717, 1.165) is 0 Å². The summed E-state index contributed by atoms with van der Waals surface area (Å²) in [5.41, 5.74) is 0.476. The number of pyridine rings is 1. The van der Waals surface area contributed by atoms with Crippen LogP contribution in [0.5, 0.6) is 5.75 Å². The summed E-state index contributed by atoms with van der Waals surface area (Å²) in [6.07, 6.45) is 3.35. The maximum absolute atomic E-state index is 13.5. The minimum atomic E-state index is -0.651. The molecule has 0 spiro atoms. The predicted molar refractivity (Wildman–Crippen MR) is 73.5 cm³/mol. The SMILES string of the molecule is OCCC#Cc1cncc(OCc2c(F)cccc2F)c1. The number of rotatable bonds is 4. The van der Waals surface area contributed by atoms with Gasteiger partial charge in [0, 0.05) is 18.2 Å². The van der Waals surface area contributed by atoms with Gasteiger partial charge in [0.2, 0.25) is 0 Å². The Balaban J connectivity index is 2.07. The van der Waals surface area contributed by atoms with Gasteiger partial charge in [-0.05, 0) is 18.2 Å². The molecule has 0 atom stereocenters. The fourth-order valence-corrected chi connectivity index (χ4v) is 1.61. The lowest BCUT2D eigenvalue weighted by atomic mass is 10.2. The molecular weight excluding hydrogens is 276 g/mol. The highest BCUT2D eigenvalue weighted by atomic mass is 19.1. The molecule has 2 aromatic rings. The molecule has 1 heterocycles. The second-order valence-electron chi connectivity index (χ2n) is 4.17. The Bertz CT molecular complexity index is 657. The smallest absolute Gasteiger partial charge is 0.139 e. The maximum Gasteiger partial charge on any atom is 0.139 e. The minimum Gasteiger partial charge on any atom is -0.487 e. The van der Waals surface area contributed by atoms with Gasteiger partial charge in [-0.25, -0.2) is 8.78 Å². The van der Waals surface area contributed by atoms with Crippen LogP contribution in [0.1, 0.15) is 17.5 Å². The zero-order valence-electron chi connectivity index (χ0n) is 11.1. The van der Waals surface area contributed by atoms with Crippen molar-refractivity contribution < 1.29 is 18.6 Å². The summed E-state index contributed by atoms with van der Waals surface area (Å²) in [7, 11) is 0. The second kappa shape index (κ2) is 7.36. The van der Waals surface area contributed by atoms with Crippen LogP contribution in [0.25, 0.3) is 0 Å². The van der Waals surface area contributed by atoms with Crippen molar-refractivity contribution >= 4 is 0 Å². The highest BCUT2D eigenvalue weighted by molar-refractivity contribution is 5.36. The zero-order chi connectivity index (χ0) is 15.1. The van der Waals surface area contributed by atoms with Crippen LogP contribution in [0.2, 0.25) is 0 Å². The van der Waals surface area contributed by atoms with Gasteiger partial charge in [-0.2, -0.15) is 0 Å². The number of aromatic nitrogens is 1. The molecule has 1 N–H and O–H groups in total. The Kier molecular flexibility index (Phi) is 5.24. The van der Waals surface area contributed by atoms with Gasteiger partial charge in [0.25, 0.3) is 0 Å². The van der Waals surface area contributed by atoms with Gasteiger partial charge in [0.05, 0.1) is 18.4 Å². The zero-order valence-corrected chi connectivity index (χ0v) is 11.1. The molecule has 1 aromatic heterocycles. The number of nitrogens with zero attached hydrogens (tertiary/aromatic N) is 1. The second-order valence-corrected chi connectivity index (χ2v) is 4.17. The number of halogens is 2. The van der Waals surface area contributed by atoms with Crippen LogP contribution in [-0.4, -0.2) is 16.7 Å². The molecule has 1 aromatic carbocycles. The Morgan fingerprint density at radius 2 is 1.95 bits per heavy atom. The number of aliphatic hydroxyl groups excluding tert-OH is 1. The molecule has 108 valence electrons. The molecule has 0 amide bonds. The molecule has 21 heavy (non-hydrogen) atoms. The Morgan fingerprint density at radius 3 is 2.67 bits per heavy atom. The summed E-state index contributed by atoms with van der Waals surface area (Å²) in [5, 5.41) is 8.65. The van der Waals surface area contributed by atoms with E-state index in [4.69, 9.17) is 9.84 Å². The fraction of sp³-hybridized carbons (Fsp3) is 0.188. The number of hydrogen-bond acceptors (Lipinski definition) is 3. The Labute approximate surface area is 121 Å². The van der Waals surface area contributed by atoms with E-state index in [0.29, 0.717) is 17.7 Å². The number of ether oxygens (including phenoxy) is 1. The molecular formula is C16H13F2NO2. The molecule has 5 heteroatoms. The summed E-state index contributed by atoms with van der Waals surface area (Å²) < 4.78 is 32.3. The van der Waals surface area contributed by atoms with Gasteiger partial charge >= 0.3 is 0 Å². The minimum absolute atomic E-state index is 0.0107. The van der Waals surface area contributed by atoms with Crippen molar-refractivity contribution in [3.8, 4) is 17.6 Å². The normalized spacial score (nSPS) is 9.86. The topological polar surface area (TPSA) is 42.4 Å². The van der Waals surface area contributed by atoms with E-state index in [1.54, 1.807) is 12.3 Å². The first-order valence-corrected chi connectivity index (χ1v) is 6.31. The van der Waals surface area contributed by atoms with Crippen molar-refractivity contribution in [3.05, 3.63) is 59.4 Å². The van der Waals surface area contributed by atoms with Crippen molar-refractivity contribution in [2.24, 2.45) is 0 Å². The largest absolute Gasteiger partial charge is 0.487 e. The quantitative estimate of drug-likeness (QED) is 0.880. The summed E-state index contributed by atoms with van der Waals surface area (Å²) in [5.74, 6) is 4.63. The van der Waals surface area contributed by atoms with Crippen molar-refractivity contribution in [1.82, 2.24) is 4.98 Å². The Morgan fingerprint density at radius 1 is 1.19 bits per heavy atom. The van der Waals surface area contributed by atoms with Crippen LogP contribution in [0.3, 0.4) is 0 Å². The van der Waals surface area contributed by atoms with Crippen molar-refractivity contribution in [3.63, 3.8) is 0 Å². The van der Waals surface area contributed by atoms with E-state index in [1.807, 2.05) is 0 Å². The van der Waals surface area contributed by atoms with Gasteiger partial charge in [-0.1, -0.05) is 17.9 Å². The average Bonchev–Trinajstić information content (AvgIpc) is 2.47. The lowest BCUT2D eigenvalue weighted by molar-refractivity contribution is 0.291. The van der Waals surface area contributed by atoms with Crippen LogP contribution >= 0.6 is 0 Å². The Hall–Kier alpha value is -2.45. The lowest BCUT2D eigenvalue weighted by Gasteiger charge is -2.07. The van der Waals surface area contributed by atoms with Crippen LogP contribution in [-0.2, 0) is 6.61 Å². The molecule has 0 aliphatic heterocycles. The van der Waals surface area contributed by atoms with E-state index in [-0.39, 0.29) is 18.8 Å². The third-order valence-electron chi connectivity index (χ3n) is 2.63. The van der Waals surface area contributed by atoms with Crippen LogP contribution in [0, 0.1) is 23.5 Å². The summed E-state index contributed by atoms with van der Waals surface area (Å²) >= 11 is 0. The fourth-order valence-electron chi connectivity index (χ4n) is 1.61. The van der Waals surface area contributed by atoms with Gasteiger partial charge in [-0.15, -0.1) is 0 Å². The molecule has 0 aliphatic carbocycles. The molecule has 0 radical (unpaired) electrons. The standard InChI is InChI=1S/C16H13F2NO2/c17-15-5-3-6-16(18)14(15)11-21-13-8-12(9-19-10-13)4-1-2-7-20/h3,5-6,8-10,20H,2,7,11H2. The van der Waals surface area contributed by atoms with Crippen LogP contribution in [0.4, 0.5) is 8.78 Å².